The van der Waals surface area contributed by atoms with Crippen LogP contribution in [0.15, 0.2) is 0 Å². The van der Waals surface area contributed by atoms with Gasteiger partial charge in [0.1, 0.15) is 24.2 Å². The number of carbonyl (C=O) groups is 4. The van der Waals surface area contributed by atoms with Crippen LogP contribution in [-0.2, 0) is 19.2 Å². The summed E-state index contributed by atoms with van der Waals surface area (Å²) in [4.78, 5) is 47.4. The highest BCUT2D eigenvalue weighted by Crippen LogP contribution is 2.05. The maximum absolute atomic E-state index is 12.4. The van der Waals surface area contributed by atoms with Crippen LogP contribution >= 0.6 is 0 Å². The first kappa shape index (κ1) is 23.8. The average Bonchev–Trinajstić information content (AvgIpc) is 2.54. The van der Waals surface area contributed by atoms with Crippen LogP contribution in [0.25, 0.3) is 0 Å². The molecule has 3 amide bonds. The van der Waals surface area contributed by atoms with Gasteiger partial charge in [-0.1, -0.05) is 27.7 Å². The second-order valence-electron chi connectivity index (χ2n) is 6.82. The highest BCUT2D eigenvalue weighted by atomic mass is 16.4. The largest absolute Gasteiger partial charge is 0.480 e. The van der Waals surface area contributed by atoms with E-state index in [0.717, 1.165) is 0 Å². The van der Waals surface area contributed by atoms with E-state index in [4.69, 9.17) is 15.9 Å². The van der Waals surface area contributed by atoms with Crippen LogP contribution in [0, 0.1) is 11.8 Å². The molecule has 0 saturated carbocycles. The summed E-state index contributed by atoms with van der Waals surface area (Å²) in [6, 6.07) is -4.21. The molecule has 150 valence electrons. The van der Waals surface area contributed by atoms with Crippen molar-refractivity contribution in [1.82, 2.24) is 16.0 Å². The normalized spacial score (nSPS) is 15.7. The minimum atomic E-state index is -1.17. The van der Waals surface area contributed by atoms with Crippen LogP contribution in [0.4, 0.5) is 0 Å². The number of carboxylic acid groups (broad SMARTS) is 1. The summed E-state index contributed by atoms with van der Waals surface area (Å²) in [6.07, 6.45) is 0. The number of carbonyl (C=O) groups excluding carboxylic acids is 3. The summed E-state index contributed by atoms with van der Waals surface area (Å²) < 4.78 is 0. The Morgan fingerprint density at radius 3 is 1.65 bits per heavy atom. The number of nitrogens with two attached hydrogens (primary N) is 1. The summed E-state index contributed by atoms with van der Waals surface area (Å²) in [5.41, 5.74) is 5.41. The maximum Gasteiger partial charge on any atom is 0.326 e. The van der Waals surface area contributed by atoms with Crippen molar-refractivity contribution in [3.63, 3.8) is 0 Å². The summed E-state index contributed by atoms with van der Waals surface area (Å²) in [5, 5.41) is 25.2. The zero-order chi connectivity index (χ0) is 20.6. The van der Waals surface area contributed by atoms with Gasteiger partial charge in [-0.15, -0.1) is 0 Å². The van der Waals surface area contributed by atoms with Gasteiger partial charge in [-0.3, -0.25) is 14.4 Å². The van der Waals surface area contributed by atoms with Gasteiger partial charge in [0.15, 0.2) is 0 Å². The van der Waals surface area contributed by atoms with Crippen LogP contribution < -0.4 is 21.7 Å². The molecule has 4 unspecified atom stereocenters. The Labute approximate surface area is 152 Å². The van der Waals surface area contributed by atoms with Gasteiger partial charge < -0.3 is 31.9 Å². The van der Waals surface area contributed by atoms with Crippen molar-refractivity contribution >= 4 is 23.7 Å². The van der Waals surface area contributed by atoms with Gasteiger partial charge in [0.05, 0.1) is 6.61 Å². The van der Waals surface area contributed by atoms with Crippen molar-refractivity contribution in [3.8, 4) is 0 Å². The Balaban J connectivity index is 4.94. The van der Waals surface area contributed by atoms with E-state index >= 15 is 0 Å². The molecule has 0 aromatic carbocycles. The number of carboxylic acids is 1. The van der Waals surface area contributed by atoms with E-state index in [1.165, 1.54) is 6.92 Å². The van der Waals surface area contributed by atoms with Crippen LogP contribution in [0.2, 0.25) is 0 Å². The molecule has 0 saturated heterocycles. The standard InChI is InChI=1S/C16H30N4O6/c1-7(2)11(19-14(23)10(17)6-21)15(24)18-9(5)13(22)20-12(8(3)4)16(25)26/h7-12,21H,6,17H2,1-5H3,(H,18,24)(H,19,23)(H,20,22)(H,25,26). The van der Waals surface area contributed by atoms with Crippen molar-refractivity contribution in [3.05, 3.63) is 0 Å². The van der Waals surface area contributed by atoms with Gasteiger partial charge >= 0.3 is 5.97 Å². The second kappa shape index (κ2) is 10.7. The first-order valence-corrected chi connectivity index (χ1v) is 8.42. The van der Waals surface area contributed by atoms with E-state index < -0.39 is 54.5 Å². The van der Waals surface area contributed by atoms with Crippen LogP contribution in [0.1, 0.15) is 34.6 Å². The number of nitrogens with one attached hydrogen (secondary N) is 3. The fraction of sp³-hybridized carbons (Fsp3) is 0.750. The molecule has 0 aliphatic rings. The van der Waals surface area contributed by atoms with Crippen LogP contribution in [0.5, 0.6) is 0 Å². The number of hydrogen-bond donors (Lipinski definition) is 6. The predicted octanol–water partition coefficient (Wildman–Crippen LogP) is -1.82. The smallest absolute Gasteiger partial charge is 0.326 e. The number of aliphatic hydroxyl groups is 1. The molecular formula is C16H30N4O6. The first-order valence-electron chi connectivity index (χ1n) is 8.42. The number of hydrogen-bond acceptors (Lipinski definition) is 6. The number of aliphatic carboxylic acids is 1. The zero-order valence-electron chi connectivity index (χ0n) is 15.8. The summed E-state index contributed by atoms with van der Waals surface area (Å²) >= 11 is 0. The van der Waals surface area contributed by atoms with E-state index in [2.05, 4.69) is 16.0 Å². The lowest BCUT2D eigenvalue weighted by molar-refractivity contribution is -0.143. The molecule has 0 bridgehead atoms. The van der Waals surface area contributed by atoms with Crippen molar-refractivity contribution in [2.24, 2.45) is 17.6 Å². The van der Waals surface area contributed by atoms with E-state index in [-0.39, 0.29) is 11.8 Å². The number of rotatable bonds is 10. The number of amides is 3. The van der Waals surface area contributed by atoms with Gasteiger partial charge in [0, 0.05) is 0 Å². The Morgan fingerprint density at radius 1 is 0.808 bits per heavy atom. The Morgan fingerprint density at radius 2 is 1.27 bits per heavy atom. The zero-order valence-corrected chi connectivity index (χ0v) is 15.8. The molecule has 0 aromatic heterocycles. The predicted molar refractivity (Wildman–Crippen MR) is 93.8 cm³/mol. The Hall–Kier alpha value is -2.20. The molecule has 10 heteroatoms. The number of aliphatic hydroxyl groups excluding tert-OH is 1. The molecule has 26 heavy (non-hydrogen) atoms. The summed E-state index contributed by atoms with van der Waals surface area (Å²) in [7, 11) is 0. The highest BCUT2D eigenvalue weighted by Gasteiger charge is 2.30. The second-order valence-corrected chi connectivity index (χ2v) is 6.82. The third kappa shape index (κ3) is 7.36. The molecule has 10 nitrogen and oxygen atoms in total. The van der Waals surface area contributed by atoms with Gasteiger partial charge in [-0.25, -0.2) is 4.79 Å². The lowest BCUT2D eigenvalue weighted by atomic mass is 10.0. The molecule has 4 atom stereocenters. The first-order chi connectivity index (χ1) is 11.9. The minimum Gasteiger partial charge on any atom is -0.480 e. The van der Waals surface area contributed by atoms with Crippen LogP contribution in [-0.4, -0.2) is 64.7 Å². The Bertz CT molecular complexity index is 523. The Kier molecular flexibility index (Phi) is 9.81. The van der Waals surface area contributed by atoms with E-state index in [1.807, 2.05) is 0 Å². The highest BCUT2D eigenvalue weighted by molar-refractivity contribution is 5.94. The molecule has 0 fully saturated rings. The third-order valence-corrected chi connectivity index (χ3v) is 3.76. The quantitative estimate of drug-likeness (QED) is 0.261. The van der Waals surface area contributed by atoms with Crippen molar-refractivity contribution in [2.75, 3.05) is 6.61 Å². The third-order valence-electron chi connectivity index (χ3n) is 3.76. The van der Waals surface area contributed by atoms with Crippen molar-refractivity contribution < 1.29 is 29.4 Å². The van der Waals surface area contributed by atoms with Crippen LogP contribution in [0.3, 0.4) is 0 Å². The minimum absolute atomic E-state index is 0.303. The van der Waals surface area contributed by atoms with Crippen molar-refractivity contribution in [1.29, 1.82) is 0 Å². The fourth-order valence-electron chi connectivity index (χ4n) is 2.04. The van der Waals surface area contributed by atoms with Gasteiger partial charge in [0.2, 0.25) is 17.7 Å². The van der Waals surface area contributed by atoms with Gasteiger partial charge in [0.25, 0.3) is 0 Å². The van der Waals surface area contributed by atoms with Crippen molar-refractivity contribution in [2.45, 2.75) is 58.8 Å². The molecule has 7 N–H and O–H groups in total. The molecule has 0 aliphatic carbocycles. The molecule has 0 heterocycles. The van der Waals surface area contributed by atoms with E-state index in [1.54, 1.807) is 27.7 Å². The lowest BCUT2D eigenvalue weighted by Gasteiger charge is -2.25. The van der Waals surface area contributed by atoms with Gasteiger partial charge in [-0.2, -0.15) is 0 Å². The average molecular weight is 374 g/mol. The molecule has 0 radical (unpaired) electrons. The molecule has 0 aliphatic heterocycles. The maximum atomic E-state index is 12.4. The SMILES string of the molecule is CC(NC(=O)C(NC(=O)C(N)CO)C(C)C)C(=O)NC(C(=O)O)C(C)C. The van der Waals surface area contributed by atoms with Gasteiger partial charge in [-0.05, 0) is 18.8 Å². The van der Waals surface area contributed by atoms with E-state index in [0.29, 0.717) is 0 Å². The molecule has 0 aromatic rings. The summed E-state index contributed by atoms with van der Waals surface area (Å²) in [6.45, 7) is 7.53. The fourth-order valence-corrected chi connectivity index (χ4v) is 2.04. The summed E-state index contributed by atoms with van der Waals surface area (Å²) in [5.74, 6) is -3.76. The molecule has 0 rings (SSSR count). The lowest BCUT2D eigenvalue weighted by Crippen LogP contribution is -2.58. The topological polar surface area (TPSA) is 171 Å². The monoisotopic (exact) mass is 374 g/mol. The molecular weight excluding hydrogens is 344 g/mol. The molecule has 0 spiro atoms. The van der Waals surface area contributed by atoms with E-state index in [9.17, 15) is 19.2 Å².